The highest BCUT2D eigenvalue weighted by Gasteiger charge is 2.14. The number of aromatic nitrogens is 2. The van der Waals surface area contributed by atoms with Gasteiger partial charge in [0.05, 0.1) is 4.92 Å². The maximum Gasteiger partial charge on any atom is 0.310 e. The van der Waals surface area contributed by atoms with Gasteiger partial charge in [-0.2, -0.15) is 4.98 Å². The van der Waals surface area contributed by atoms with Crippen molar-refractivity contribution in [2.45, 2.75) is 20.0 Å². The third-order valence-electron chi connectivity index (χ3n) is 2.24. The van der Waals surface area contributed by atoms with Crippen molar-refractivity contribution in [1.82, 2.24) is 10.1 Å². The van der Waals surface area contributed by atoms with Crippen LogP contribution in [0.15, 0.2) is 28.8 Å². The lowest BCUT2D eigenvalue weighted by Gasteiger charge is -2.03. The second kappa shape index (κ2) is 5.26. The van der Waals surface area contributed by atoms with Crippen LogP contribution < -0.4 is 4.74 Å². The minimum atomic E-state index is -0.499. The summed E-state index contributed by atoms with van der Waals surface area (Å²) in [5, 5.41) is 14.5. The molecule has 0 radical (unpaired) electrons. The molecule has 18 heavy (non-hydrogen) atoms. The van der Waals surface area contributed by atoms with E-state index in [0.29, 0.717) is 18.1 Å². The number of benzene rings is 1. The summed E-state index contributed by atoms with van der Waals surface area (Å²) in [5.41, 5.74) is -0.0901. The van der Waals surface area contributed by atoms with Gasteiger partial charge in [0.25, 0.3) is 5.89 Å². The van der Waals surface area contributed by atoms with Crippen LogP contribution >= 0.6 is 0 Å². The van der Waals surface area contributed by atoms with Gasteiger partial charge in [-0.3, -0.25) is 10.1 Å². The number of para-hydroxylation sites is 2. The number of nitrogens with zero attached hydrogens (tertiary/aromatic N) is 3. The lowest BCUT2D eigenvalue weighted by Crippen LogP contribution is -1.99. The van der Waals surface area contributed by atoms with Crippen molar-refractivity contribution in [3.05, 3.63) is 46.1 Å². The Morgan fingerprint density at radius 2 is 2.22 bits per heavy atom. The molecule has 94 valence electrons. The molecule has 0 aliphatic rings. The van der Waals surface area contributed by atoms with Gasteiger partial charge in [0.2, 0.25) is 0 Å². The Balaban J connectivity index is 2.08. The van der Waals surface area contributed by atoms with Gasteiger partial charge in [-0.25, -0.2) is 0 Å². The van der Waals surface area contributed by atoms with E-state index in [1.807, 2.05) is 6.92 Å². The molecule has 1 heterocycles. The summed E-state index contributed by atoms with van der Waals surface area (Å²) in [7, 11) is 0. The SMILES string of the molecule is CCc1noc(COc2ccccc2[N+](=O)[O-])n1. The number of aryl methyl sites for hydroxylation is 1. The van der Waals surface area contributed by atoms with Crippen molar-refractivity contribution in [3.8, 4) is 5.75 Å². The molecular weight excluding hydrogens is 238 g/mol. The Hall–Kier alpha value is -2.44. The molecular formula is C11H11N3O4. The van der Waals surface area contributed by atoms with Gasteiger partial charge in [-0.1, -0.05) is 24.2 Å². The fraction of sp³-hybridized carbons (Fsp3) is 0.273. The zero-order valence-electron chi connectivity index (χ0n) is 9.70. The van der Waals surface area contributed by atoms with E-state index in [4.69, 9.17) is 9.26 Å². The van der Waals surface area contributed by atoms with Crippen LogP contribution in [0, 0.1) is 10.1 Å². The Kier molecular flexibility index (Phi) is 3.52. The van der Waals surface area contributed by atoms with Crippen LogP contribution in [0.25, 0.3) is 0 Å². The van der Waals surface area contributed by atoms with Gasteiger partial charge in [0.1, 0.15) is 0 Å². The van der Waals surface area contributed by atoms with Crippen LogP contribution in [0.3, 0.4) is 0 Å². The van der Waals surface area contributed by atoms with E-state index in [1.165, 1.54) is 12.1 Å². The predicted octanol–water partition coefficient (Wildman–Crippen LogP) is 2.12. The lowest BCUT2D eigenvalue weighted by atomic mass is 10.3. The van der Waals surface area contributed by atoms with Gasteiger partial charge in [-0.15, -0.1) is 0 Å². The zero-order valence-corrected chi connectivity index (χ0v) is 9.70. The van der Waals surface area contributed by atoms with Gasteiger partial charge in [0.15, 0.2) is 18.2 Å². The maximum atomic E-state index is 10.8. The minimum Gasteiger partial charge on any atom is -0.477 e. The van der Waals surface area contributed by atoms with Crippen molar-refractivity contribution < 1.29 is 14.2 Å². The third kappa shape index (κ3) is 2.62. The van der Waals surface area contributed by atoms with E-state index in [9.17, 15) is 10.1 Å². The summed E-state index contributed by atoms with van der Waals surface area (Å²) in [6.07, 6.45) is 0.662. The summed E-state index contributed by atoms with van der Waals surface area (Å²) < 4.78 is 10.2. The van der Waals surface area contributed by atoms with Crippen LogP contribution in [0.5, 0.6) is 5.75 Å². The summed E-state index contributed by atoms with van der Waals surface area (Å²) in [6, 6.07) is 6.14. The normalized spacial score (nSPS) is 10.3. The molecule has 0 fully saturated rings. The molecule has 0 spiro atoms. The van der Waals surface area contributed by atoms with Crippen LogP contribution in [-0.4, -0.2) is 15.1 Å². The summed E-state index contributed by atoms with van der Waals surface area (Å²) >= 11 is 0. The Morgan fingerprint density at radius 1 is 1.44 bits per heavy atom. The second-order valence-corrected chi connectivity index (χ2v) is 3.47. The minimum absolute atomic E-state index is 0.0118. The number of rotatable bonds is 5. The highest BCUT2D eigenvalue weighted by atomic mass is 16.6. The number of ether oxygens (including phenoxy) is 1. The van der Waals surface area contributed by atoms with Crippen molar-refractivity contribution in [1.29, 1.82) is 0 Å². The monoisotopic (exact) mass is 249 g/mol. The number of nitro groups is 1. The van der Waals surface area contributed by atoms with E-state index in [-0.39, 0.29) is 18.0 Å². The van der Waals surface area contributed by atoms with Gasteiger partial charge >= 0.3 is 5.69 Å². The lowest BCUT2D eigenvalue weighted by molar-refractivity contribution is -0.386. The Labute approximate surface area is 103 Å². The summed E-state index contributed by atoms with van der Waals surface area (Å²) in [6.45, 7) is 1.91. The molecule has 0 aliphatic carbocycles. The molecule has 0 aliphatic heterocycles. The van der Waals surface area contributed by atoms with E-state index in [0.717, 1.165) is 0 Å². The summed E-state index contributed by atoms with van der Waals surface area (Å²) in [4.78, 5) is 14.3. The van der Waals surface area contributed by atoms with Gasteiger partial charge in [-0.05, 0) is 6.07 Å². The Morgan fingerprint density at radius 3 is 2.89 bits per heavy atom. The first-order valence-corrected chi connectivity index (χ1v) is 5.38. The average Bonchev–Trinajstić information content (AvgIpc) is 2.84. The third-order valence-corrected chi connectivity index (χ3v) is 2.24. The van der Waals surface area contributed by atoms with Crippen molar-refractivity contribution >= 4 is 5.69 Å². The molecule has 7 nitrogen and oxygen atoms in total. The molecule has 0 unspecified atom stereocenters. The van der Waals surface area contributed by atoms with Crippen molar-refractivity contribution in [2.24, 2.45) is 0 Å². The number of nitro benzene ring substituents is 1. The highest BCUT2D eigenvalue weighted by molar-refractivity contribution is 5.45. The van der Waals surface area contributed by atoms with Crippen molar-refractivity contribution in [3.63, 3.8) is 0 Å². The fourth-order valence-corrected chi connectivity index (χ4v) is 1.36. The van der Waals surface area contributed by atoms with E-state index in [2.05, 4.69) is 10.1 Å². The quantitative estimate of drug-likeness (QED) is 0.595. The average molecular weight is 249 g/mol. The predicted molar refractivity (Wildman–Crippen MR) is 61.1 cm³/mol. The van der Waals surface area contributed by atoms with Gasteiger partial charge < -0.3 is 9.26 Å². The van der Waals surface area contributed by atoms with Crippen LogP contribution in [0.1, 0.15) is 18.6 Å². The molecule has 2 aromatic rings. The van der Waals surface area contributed by atoms with E-state index >= 15 is 0 Å². The molecule has 0 bridgehead atoms. The molecule has 1 aromatic carbocycles. The van der Waals surface area contributed by atoms with Crippen LogP contribution in [0.2, 0.25) is 0 Å². The largest absolute Gasteiger partial charge is 0.477 e. The van der Waals surface area contributed by atoms with E-state index in [1.54, 1.807) is 12.1 Å². The van der Waals surface area contributed by atoms with E-state index < -0.39 is 4.92 Å². The highest BCUT2D eigenvalue weighted by Crippen LogP contribution is 2.26. The molecule has 7 heteroatoms. The molecule has 1 aromatic heterocycles. The second-order valence-electron chi connectivity index (χ2n) is 3.47. The molecule has 0 N–H and O–H groups in total. The molecule has 0 saturated heterocycles. The standard InChI is InChI=1S/C11H11N3O4/c1-2-10-12-11(18-13-10)7-17-9-6-4-3-5-8(9)14(15)16/h3-6H,2,7H2,1H3. The smallest absolute Gasteiger partial charge is 0.310 e. The molecule has 2 rings (SSSR count). The zero-order chi connectivity index (χ0) is 13.0. The first-order chi connectivity index (χ1) is 8.70. The number of hydrogen-bond donors (Lipinski definition) is 0. The molecule has 0 atom stereocenters. The van der Waals surface area contributed by atoms with Crippen LogP contribution in [-0.2, 0) is 13.0 Å². The molecule has 0 amide bonds. The fourth-order valence-electron chi connectivity index (χ4n) is 1.36. The van der Waals surface area contributed by atoms with Gasteiger partial charge in [0, 0.05) is 12.5 Å². The Bertz CT molecular complexity index is 553. The molecule has 0 saturated carbocycles. The number of hydrogen-bond acceptors (Lipinski definition) is 6. The van der Waals surface area contributed by atoms with Crippen molar-refractivity contribution in [2.75, 3.05) is 0 Å². The van der Waals surface area contributed by atoms with Crippen LogP contribution in [0.4, 0.5) is 5.69 Å². The maximum absolute atomic E-state index is 10.8. The topological polar surface area (TPSA) is 91.3 Å². The first-order valence-electron chi connectivity index (χ1n) is 5.38. The first kappa shape index (κ1) is 12.0. The summed E-state index contributed by atoms with van der Waals surface area (Å²) in [5.74, 6) is 1.06.